The van der Waals surface area contributed by atoms with Crippen molar-refractivity contribution < 1.29 is 30.9 Å². The van der Waals surface area contributed by atoms with Crippen molar-refractivity contribution in [3.63, 3.8) is 0 Å². The number of nitriles is 1. The Labute approximate surface area is 319 Å². The lowest BCUT2D eigenvalue weighted by Crippen LogP contribution is -2.42. The minimum atomic E-state index is -4.71. The van der Waals surface area contributed by atoms with Crippen LogP contribution in [0.1, 0.15) is 63.3 Å². The van der Waals surface area contributed by atoms with E-state index in [1.54, 1.807) is 56.3 Å². The van der Waals surface area contributed by atoms with Gasteiger partial charge in [0, 0.05) is 17.8 Å². The number of carbonyl (C=O) groups is 1. The minimum absolute atomic E-state index is 0. The van der Waals surface area contributed by atoms with Crippen molar-refractivity contribution in [2.45, 2.75) is 63.6 Å². The third-order valence-electron chi connectivity index (χ3n) is 10.3. The van der Waals surface area contributed by atoms with Crippen LogP contribution < -0.4 is 17.2 Å². The average Bonchev–Trinajstić information content (AvgIpc) is 3.42. The largest absolute Gasteiger partial charge is 0.744 e. The van der Waals surface area contributed by atoms with Crippen LogP contribution >= 0.6 is 0 Å². The van der Waals surface area contributed by atoms with Crippen LogP contribution in [0.4, 0.5) is 18.0 Å². The SMILES string of the molecule is Cc1c(Cc2ccc(C3(NC(=O)n4c(-c5ccnn5-c5ccc(C#N)cc5)c(C)n(-c5cccc(C(F)(F)F)c5)c4=O)CC3)[nH]2)cc(S(=O)(=O)[O-])c(C)c1C.[NH4+]. The van der Waals surface area contributed by atoms with E-state index in [1.807, 2.05) is 13.0 Å². The Morgan fingerprint density at radius 1 is 0.982 bits per heavy atom. The molecule has 0 spiro atoms. The maximum Gasteiger partial charge on any atom is 0.416 e. The molecule has 0 bridgehead atoms. The van der Waals surface area contributed by atoms with Gasteiger partial charge in [0.1, 0.15) is 15.8 Å². The fourth-order valence-corrected chi connectivity index (χ4v) is 7.80. The van der Waals surface area contributed by atoms with E-state index in [0.29, 0.717) is 52.2 Å². The van der Waals surface area contributed by atoms with Crippen LogP contribution in [0, 0.1) is 39.0 Å². The molecule has 1 amide bonds. The van der Waals surface area contributed by atoms with Crippen LogP contribution in [0.2, 0.25) is 0 Å². The van der Waals surface area contributed by atoms with Gasteiger partial charge in [0.2, 0.25) is 0 Å². The van der Waals surface area contributed by atoms with E-state index < -0.39 is 39.1 Å². The topological polar surface area (TPSA) is 207 Å². The number of hydrogen-bond donors (Lipinski definition) is 3. The van der Waals surface area contributed by atoms with Crippen LogP contribution in [0.15, 0.2) is 88.7 Å². The van der Waals surface area contributed by atoms with Gasteiger partial charge >= 0.3 is 17.9 Å². The van der Waals surface area contributed by atoms with Gasteiger partial charge < -0.3 is 21.0 Å². The van der Waals surface area contributed by atoms with Crippen molar-refractivity contribution in [3.8, 4) is 28.8 Å². The number of imidazole rings is 1. The summed E-state index contributed by atoms with van der Waals surface area (Å²) in [7, 11) is -4.71. The molecule has 6 N–H and O–H groups in total. The van der Waals surface area contributed by atoms with Crippen LogP contribution in [-0.4, -0.2) is 42.9 Å². The average molecular weight is 787 g/mol. The maximum absolute atomic E-state index is 14.4. The lowest BCUT2D eigenvalue weighted by atomic mass is 9.96. The van der Waals surface area contributed by atoms with Gasteiger partial charge in [-0.1, -0.05) is 6.07 Å². The highest BCUT2D eigenvalue weighted by molar-refractivity contribution is 7.85. The van der Waals surface area contributed by atoms with Crippen LogP contribution in [-0.2, 0) is 28.3 Å². The molecule has 7 rings (SSSR count). The van der Waals surface area contributed by atoms with Crippen molar-refractivity contribution in [2.24, 2.45) is 0 Å². The summed E-state index contributed by atoms with van der Waals surface area (Å²) in [5.41, 5.74) is 2.42. The summed E-state index contributed by atoms with van der Waals surface area (Å²) in [6.45, 7) is 6.73. The predicted molar refractivity (Wildman–Crippen MR) is 200 cm³/mol. The smallest absolute Gasteiger partial charge is 0.416 e. The first-order valence-corrected chi connectivity index (χ1v) is 18.5. The van der Waals surface area contributed by atoms with Crippen LogP contribution in [0.25, 0.3) is 22.8 Å². The Kier molecular flexibility index (Phi) is 9.96. The first kappa shape index (κ1) is 39.5. The van der Waals surface area contributed by atoms with E-state index >= 15 is 0 Å². The first-order valence-electron chi connectivity index (χ1n) is 17.1. The Morgan fingerprint density at radius 2 is 1.68 bits per heavy atom. The quantitative estimate of drug-likeness (QED) is 0.137. The molecule has 0 unspecified atom stereocenters. The van der Waals surface area contributed by atoms with E-state index in [0.717, 1.165) is 26.8 Å². The highest BCUT2D eigenvalue weighted by Gasteiger charge is 2.48. The number of hydrogen-bond acceptors (Lipinski definition) is 7. The molecule has 3 aromatic heterocycles. The molecular weight excluding hydrogens is 750 g/mol. The Morgan fingerprint density at radius 3 is 2.30 bits per heavy atom. The Hall–Kier alpha value is -6.22. The standard InChI is InChI=1S/C39H34F3N7O5S.H3N/c1-22-23(2)27(19-33(24(22)3)55(52,53)54)18-29-10-13-34(45-29)38(15-16-38)46-36(50)48-35(32-14-17-44-49(32)30-11-8-26(21-43)9-12-30)25(4)47(37(48)51)31-7-5-6-28(20-31)39(40,41)42;/h5-14,17,19-20,45H,15-16,18H2,1-4H3,(H,46,50)(H,52,53,54);1H3. The van der Waals surface area contributed by atoms with E-state index in [9.17, 15) is 41.0 Å². The monoisotopic (exact) mass is 786 g/mol. The molecule has 56 heavy (non-hydrogen) atoms. The second-order valence-corrected chi connectivity index (χ2v) is 15.0. The molecule has 3 heterocycles. The summed E-state index contributed by atoms with van der Waals surface area (Å²) in [6.07, 6.45) is -1.97. The highest BCUT2D eigenvalue weighted by atomic mass is 32.2. The summed E-state index contributed by atoms with van der Waals surface area (Å²) < 4.78 is 80.7. The highest BCUT2D eigenvalue weighted by Crippen LogP contribution is 2.45. The maximum atomic E-state index is 14.4. The molecule has 0 atom stereocenters. The summed E-state index contributed by atoms with van der Waals surface area (Å²) in [5, 5.41) is 16.7. The molecule has 0 radical (unpaired) electrons. The molecule has 1 saturated carbocycles. The Bertz CT molecular complexity index is 2730. The Balaban J connectivity index is 0.00000532. The molecule has 1 aliphatic carbocycles. The van der Waals surface area contributed by atoms with Crippen molar-refractivity contribution in [2.75, 3.05) is 0 Å². The molecule has 3 aromatic carbocycles. The number of carbonyl (C=O) groups excluding carboxylic acids is 1. The fourth-order valence-electron chi connectivity index (χ4n) is 6.99. The number of aromatic amines is 1. The number of alkyl halides is 3. The van der Waals surface area contributed by atoms with Crippen molar-refractivity contribution in [3.05, 3.63) is 140 Å². The molecular formula is C39H37F3N8O5S. The van der Waals surface area contributed by atoms with Gasteiger partial charge in [-0.15, -0.1) is 0 Å². The predicted octanol–water partition coefficient (Wildman–Crippen LogP) is 7.06. The lowest BCUT2D eigenvalue weighted by molar-refractivity contribution is -0.137. The van der Waals surface area contributed by atoms with Gasteiger partial charge in [-0.2, -0.15) is 23.5 Å². The first-order chi connectivity index (χ1) is 25.9. The number of halogens is 3. The van der Waals surface area contributed by atoms with Crippen molar-refractivity contribution in [1.29, 1.82) is 5.26 Å². The van der Waals surface area contributed by atoms with Crippen molar-refractivity contribution in [1.82, 2.24) is 35.4 Å². The third-order valence-corrected chi connectivity index (χ3v) is 11.3. The number of H-pyrrole nitrogens is 1. The van der Waals surface area contributed by atoms with Crippen molar-refractivity contribution >= 4 is 16.1 Å². The molecule has 290 valence electrons. The summed E-state index contributed by atoms with van der Waals surface area (Å²) in [5.74, 6) is 0. The zero-order valence-corrected chi connectivity index (χ0v) is 31.8. The number of nitrogens with zero attached hydrogens (tertiary/aromatic N) is 5. The fraction of sp³-hybridized carbons (Fsp3) is 0.231. The van der Waals surface area contributed by atoms with Crippen LogP contribution in [0.3, 0.4) is 0 Å². The number of nitrogens with one attached hydrogen (secondary N) is 2. The minimum Gasteiger partial charge on any atom is -0.744 e. The number of rotatable bonds is 8. The van der Waals surface area contributed by atoms with Gasteiger partial charge in [0.05, 0.1) is 56.6 Å². The molecule has 6 aromatic rings. The van der Waals surface area contributed by atoms with E-state index in [4.69, 9.17) is 0 Å². The van der Waals surface area contributed by atoms with Gasteiger partial charge in [0.25, 0.3) is 0 Å². The molecule has 17 heteroatoms. The number of aromatic nitrogens is 5. The second kappa shape index (κ2) is 14.1. The van der Waals surface area contributed by atoms with E-state index in [2.05, 4.69) is 15.4 Å². The number of quaternary nitrogens is 1. The van der Waals surface area contributed by atoms with Gasteiger partial charge in [0.15, 0.2) is 0 Å². The summed E-state index contributed by atoms with van der Waals surface area (Å²) in [4.78, 5) is 31.8. The number of benzene rings is 3. The van der Waals surface area contributed by atoms with Gasteiger partial charge in [-0.25, -0.2) is 27.3 Å². The molecule has 0 aliphatic heterocycles. The lowest BCUT2D eigenvalue weighted by Gasteiger charge is -2.19. The second-order valence-electron chi connectivity index (χ2n) is 13.7. The zero-order valence-electron chi connectivity index (χ0n) is 30.9. The molecule has 13 nitrogen and oxygen atoms in total. The van der Waals surface area contributed by atoms with E-state index in [1.165, 1.54) is 36.0 Å². The van der Waals surface area contributed by atoms with Crippen LogP contribution in [0.5, 0.6) is 0 Å². The van der Waals surface area contributed by atoms with Gasteiger partial charge in [-0.3, -0.25) is 4.57 Å². The molecule has 0 saturated heterocycles. The van der Waals surface area contributed by atoms with E-state index in [-0.39, 0.29) is 40.2 Å². The molecule has 1 aliphatic rings. The number of amides is 1. The van der Waals surface area contributed by atoms with Gasteiger partial charge in [-0.05, 0) is 130 Å². The summed E-state index contributed by atoms with van der Waals surface area (Å²) >= 11 is 0. The summed E-state index contributed by atoms with van der Waals surface area (Å²) in [6, 6.07) is 18.5. The third kappa shape index (κ3) is 6.94. The zero-order chi connectivity index (χ0) is 39.6. The molecule has 1 fully saturated rings. The normalized spacial score (nSPS) is 13.6.